The number of nitrogens with zero attached hydrogens (tertiary/aromatic N) is 1. The molecule has 0 bridgehead atoms. The van der Waals surface area contributed by atoms with E-state index in [0.717, 1.165) is 45.6 Å². The molecule has 0 atom stereocenters. The van der Waals surface area contributed by atoms with E-state index in [1.807, 2.05) is 36.4 Å². The van der Waals surface area contributed by atoms with Gasteiger partial charge >= 0.3 is 0 Å². The van der Waals surface area contributed by atoms with E-state index in [1.165, 1.54) is 25.9 Å². The number of likely N-dealkylation sites (tertiary alicyclic amines) is 1. The summed E-state index contributed by atoms with van der Waals surface area (Å²) in [6.07, 6.45) is 3.55. The van der Waals surface area contributed by atoms with Crippen molar-refractivity contribution in [3.8, 4) is 0 Å². The summed E-state index contributed by atoms with van der Waals surface area (Å²) in [5, 5.41) is 7.10. The van der Waals surface area contributed by atoms with Gasteiger partial charge in [-0.3, -0.25) is 4.79 Å². The van der Waals surface area contributed by atoms with Crippen molar-refractivity contribution in [3.05, 3.63) is 59.1 Å². The molecule has 30 heavy (non-hydrogen) atoms. The zero-order chi connectivity index (χ0) is 21.1. The normalized spacial score (nSPS) is 16.9. The fourth-order valence-corrected chi connectivity index (χ4v) is 5.12. The topological polar surface area (TPSA) is 44.4 Å². The van der Waals surface area contributed by atoms with E-state index in [0.29, 0.717) is 17.1 Å². The number of halogens is 1. The van der Waals surface area contributed by atoms with Crippen LogP contribution in [0, 0.1) is 5.92 Å². The van der Waals surface area contributed by atoms with Crippen LogP contribution in [0.3, 0.4) is 0 Å². The first-order chi connectivity index (χ1) is 14.5. The lowest BCUT2D eigenvalue weighted by molar-refractivity contribution is 0.0950. The van der Waals surface area contributed by atoms with Crippen LogP contribution < -0.4 is 10.6 Å². The van der Waals surface area contributed by atoms with Gasteiger partial charge in [0, 0.05) is 38.2 Å². The molecule has 2 aliphatic heterocycles. The molecule has 0 saturated carbocycles. The molecule has 2 aliphatic rings. The lowest BCUT2D eigenvalue weighted by Gasteiger charge is -2.30. The maximum atomic E-state index is 12.7. The molecule has 158 valence electrons. The number of benzene rings is 2. The van der Waals surface area contributed by atoms with E-state index in [1.54, 1.807) is 11.8 Å². The van der Waals surface area contributed by atoms with Crippen LogP contribution in [-0.2, 0) is 0 Å². The van der Waals surface area contributed by atoms with E-state index < -0.39 is 0 Å². The molecular weight excluding hydrogens is 414 g/mol. The molecule has 2 aromatic carbocycles. The third kappa shape index (κ3) is 5.02. The monoisotopic (exact) mass is 441 g/mol. The van der Waals surface area contributed by atoms with Gasteiger partial charge in [-0.1, -0.05) is 36.9 Å². The number of amides is 1. The van der Waals surface area contributed by atoms with Gasteiger partial charge in [0.2, 0.25) is 0 Å². The summed E-state index contributed by atoms with van der Waals surface area (Å²) in [6, 6.07) is 11.6. The molecule has 1 fully saturated rings. The predicted octanol–water partition coefficient (Wildman–Crippen LogP) is 5.74. The smallest absolute Gasteiger partial charge is 0.251 e. The van der Waals surface area contributed by atoms with Crippen LogP contribution in [0.5, 0.6) is 0 Å². The molecule has 1 amide bonds. The molecule has 2 heterocycles. The van der Waals surface area contributed by atoms with Crippen molar-refractivity contribution in [2.45, 2.75) is 36.0 Å². The van der Waals surface area contributed by atoms with Gasteiger partial charge < -0.3 is 15.5 Å². The summed E-state index contributed by atoms with van der Waals surface area (Å²) in [4.78, 5) is 17.3. The van der Waals surface area contributed by atoms with Crippen molar-refractivity contribution in [2.75, 3.05) is 31.5 Å². The number of piperidine rings is 1. The van der Waals surface area contributed by atoms with Crippen molar-refractivity contribution in [2.24, 2.45) is 5.92 Å². The first kappa shape index (κ1) is 21.3. The number of anilines is 1. The summed E-state index contributed by atoms with van der Waals surface area (Å²) in [5.74, 6) is 0.814. The van der Waals surface area contributed by atoms with Crippen LogP contribution in [0.2, 0.25) is 5.02 Å². The fraction of sp³-hybridized carbons (Fsp3) is 0.375. The van der Waals surface area contributed by atoms with Crippen molar-refractivity contribution < 1.29 is 4.79 Å². The first-order valence-electron chi connectivity index (χ1n) is 10.6. The van der Waals surface area contributed by atoms with Crippen molar-refractivity contribution >= 4 is 40.7 Å². The standard InChI is InChI=1S/C24H28ClN3OS/c1-16-8-12-28(13-9-16)11-3-10-26-24(29)18-4-6-23-21(14-18)27-17(2)20-15-19(25)5-7-22(20)30-23/h4-7,14-16,27H,2-3,8-13H2,1H3,(H,26,29). The van der Waals surface area contributed by atoms with Crippen LogP contribution >= 0.6 is 23.4 Å². The minimum Gasteiger partial charge on any atom is -0.355 e. The second-order valence-corrected chi connectivity index (χ2v) is 9.71. The second kappa shape index (κ2) is 9.46. The highest BCUT2D eigenvalue weighted by Gasteiger charge is 2.19. The van der Waals surface area contributed by atoms with Crippen molar-refractivity contribution in [3.63, 3.8) is 0 Å². The minimum absolute atomic E-state index is 0.0349. The molecule has 1 saturated heterocycles. The quantitative estimate of drug-likeness (QED) is 0.581. The Hall–Kier alpha value is -1.95. The number of nitrogens with one attached hydrogen (secondary N) is 2. The number of hydrogen-bond donors (Lipinski definition) is 2. The van der Waals surface area contributed by atoms with Gasteiger partial charge in [-0.2, -0.15) is 0 Å². The predicted molar refractivity (Wildman–Crippen MR) is 126 cm³/mol. The largest absolute Gasteiger partial charge is 0.355 e. The Labute approximate surface area is 188 Å². The Kier molecular flexibility index (Phi) is 6.71. The van der Waals surface area contributed by atoms with E-state index in [9.17, 15) is 4.79 Å². The number of rotatable bonds is 5. The van der Waals surface area contributed by atoms with E-state index >= 15 is 0 Å². The molecule has 4 rings (SSSR count). The van der Waals surface area contributed by atoms with Gasteiger partial charge in [0.25, 0.3) is 5.91 Å². The van der Waals surface area contributed by atoms with E-state index in [2.05, 4.69) is 29.0 Å². The van der Waals surface area contributed by atoms with Crippen LogP contribution in [0.25, 0.3) is 5.70 Å². The third-order valence-corrected chi connectivity index (χ3v) is 7.21. The SMILES string of the molecule is C=C1Nc2cc(C(=O)NCCCN3CCC(C)CC3)ccc2Sc2ccc(Cl)cc21. The summed E-state index contributed by atoms with van der Waals surface area (Å²) in [6.45, 7) is 10.6. The molecule has 0 radical (unpaired) electrons. The van der Waals surface area contributed by atoms with Crippen LogP contribution in [0.1, 0.15) is 42.1 Å². The molecule has 6 heteroatoms. The Balaban J connectivity index is 1.35. The van der Waals surface area contributed by atoms with Gasteiger partial charge in [-0.05, 0) is 81.2 Å². The number of fused-ring (bicyclic) bond motifs is 2. The average molecular weight is 442 g/mol. The molecule has 0 aliphatic carbocycles. The Morgan fingerprint density at radius 3 is 2.80 bits per heavy atom. The lowest BCUT2D eigenvalue weighted by atomic mass is 9.99. The van der Waals surface area contributed by atoms with Gasteiger partial charge in [-0.15, -0.1) is 0 Å². The summed E-state index contributed by atoms with van der Waals surface area (Å²) < 4.78 is 0. The molecule has 0 aromatic heterocycles. The lowest BCUT2D eigenvalue weighted by Crippen LogP contribution is -2.35. The number of carbonyl (C=O) groups excluding carboxylic acids is 1. The van der Waals surface area contributed by atoms with Crippen LogP contribution in [-0.4, -0.2) is 37.0 Å². The fourth-order valence-electron chi connectivity index (χ4n) is 3.93. The highest BCUT2D eigenvalue weighted by atomic mass is 35.5. The molecule has 0 spiro atoms. The van der Waals surface area contributed by atoms with Gasteiger partial charge in [0.15, 0.2) is 0 Å². The van der Waals surface area contributed by atoms with Crippen LogP contribution in [0.15, 0.2) is 52.8 Å². The molecular formula is C24H28ClN3OS. The number of hydrogen-bond acceptors (Lipinski definition) is 4. The van der Waals surface area contributed by atoms with Crippen molar-refractivity contribution in [1.82, 2.24) is 10.2 Å². The highest BCUT2D eigenvalue weighted by molar-refractivity contribution is 7.99. The molecule has 4 nitrogen and oxygen atoms in total. The van der Waals surface area contributed by atoms with Gasteiger partial charge in [-0.25, -0.2) is 0 Å². The van der Waals surface area contributed by atoms with Gasteiger partial charge in [0.05, 0.1) is 5.69 Å². The molecule has 0 unspecified atom stereocenters. The zero-order valence-corrected chi connectivity index (χ0v) is 18.9. The van der Waals surface area contributed by atoms with E-state index in [4.69, 9.17) is 11.6 Å². The Morgan fingerprint density at radius 1 is 1.23 bits per heavy atom. The van der Waals surface area contributed by atoms with Crippen LogP contribution in [0.4, 0.5) is 5.69 Å². The zero-order valence-electron chi connectivity index (χ0n) is 17.3. The van der Waals surface area contributed by atoms with Crippen molar-refractivity contribution in [1.29, 1.82) is 0 Å². The minimum atomic E-state index is -0.0349. The average Bonchev–Trinajstić information content (AvgIpc) is 2.87. The Bertz CT molecular complexity index is 953. The van der Waals surface area contributed by atoms with E-state index in [-0.39, 0.29) is 5.91 Å². The summed E-state index contributed by atoms with van der Waals surface area (Å²) in [7, 11) is 0. The maximum Gasteiger partial charge on any atom is 0.251 e. The third-order valence-electron chi connectivity index (χ3n) is 5.83. The highest BCUT2D eigenvalue weighted by Crippen LogP contribution is 2.42. The Morgan fingerprint density at radius 2 is 2.00 bits per heavy atom. The first-order valence-corrected chi connectivity index (χ1v) is 11.8. The second-order valence-electron chi connectivity index (χ2n) is 8.19. The number of carbonyl (C=O) groups is 1. The summed E-state index contributed by atoms with van der Waals surface area (Å²) in [5.41, 5.74) is 3.33. The van der Waals surface area contributed by atoms with Gasteiger partial charge in [0.1, 0.15) is 0 Å². The molecule has 2 aromatic rings. The maximum absolute atomic E-state index is 12.7. The molecule has 2 N–H and O–H groups in total. The summed E-state index contributed by atoms with van der Waals surface area (Å²) >= 11 is 7.81.